The van der Waals surface area contributed by atoms with Crippen LogP contribution in [0.25, 0.3) is 0 Å². The molecule has 2 saturated heterocycles. The number of aliphatic hydroxyl groups is 1. The summed E-state index contributed by atoms with van der Waals surface area (Å²) in [5, 5.41) is 9.16. The van der Waals surface area contributed by atoms with Crippen molar-refractivity contribution < 1.29 is 9.90 Å². The number of nitrogens with zero attached hydrogens (tertiary/aromatic N) is 2. The van der Waals surface area contributed by atoms with Gasteiger partial charge in [0, 0.05) is 50.7 Å². The first-order valence-corrected chi connectivity index (χ1v) is 7.30. The van der Waals surface area contributed by atoms with Gasteiger partial charge in [0.05, 0.1) is 0 Å². The summed E-state index contributed by atoms with van der Waals surface area (Å²) >= 11 is 0. The maximum atomic E-state index is 11.9. The van der Waals surface area contributed by atoms with Gasteiger partial charge >= 0.3 is 0 Å². The molecule has 2 atom stereocenters. The van der Waals surface area contributed by atoms with Crippen molar-refractivity contribution in [2.45, 2.75) is 51.6 Å². The van der Waals surface area contributed by atoms with Crippen LogP contribution >= 0.6 is 0 Å². The van der Waals surface area contributed by atoms with Crippen LogP contribution in [0.15, 0.2) is 0 Å². The van der Waals surface area contributed by atoms with Crippen molar-refractivity contribution in [2.24, 2.45) is 5.92 Å². The van der Waals surface area contributed by atoms with Crippen LogP contribution in [0.3, 0.4) is 0 Å². The summed E-state index contributed by atoms with van der Waals surface area (Å²) in [6, 6.07) is 1.07. The highest BCUT2D eigenvalue weighted by atomic mass is 16.3. The highest BCUT2D eigenvalue weighted by Gasteiger charge is 2.35. The molecule has 2 unspecified atom stereocenters. The van der Waals surface area contributed by atoms with E-state index < -0.39 is 0 Å². The third-order valence-corrected chi connectivity index (χ3v) is 4.65. The van der Waals surface area contributed by atoms with E-state index in [1.165, 1.54) is 6.42 Å². The van der Waals surface area contributed by atoms with Gasteiger partial charge in [-0.2, -0.15) is 0 Å². The summed E-state index contributed by atoms with van der Waals surface area (Å²) in [5.74, 6) is 0.418. The maximum absolute atomic E-state index is 11.9. The topological polar surface area (TPSA) is 43.8 Å². The molecule has 0 aliphatic carbocycles. The molecule has 2 heterocycles. The smallest absolute Gasteiger partial charge is 0.223 e. The molecule has 104 valence electrons. The Morgan fingerprint density at radius 3 is 2.56 bits per heavy atom. The second kappa shape index (κ2) is 6.02. The fourth-order valence-corrected chi connectivity index (χ4v) is 3.18. The summed E-state index contributed by atoms with van der Waals surface area (Å²) in [7, 11) is 0. The molecule has 2 rings (SSSR count). The van der Waals surface area contributed by atoms with Crippen LogP contribution in [0.4, 0.5) is 0 Å². The molecule has 0 bridgehead atoms. The van der Waals surface area contributed by atoms with Crippen molar-refractivity contribution in [1.29, 1.82) is 0 Å². The van der Waals surface area contributed by atoms with E-state index in [-0.39, 0.29) is 18.4 Å². The molecule has 2 aliphatic rings. The van der Waals surface area contributed by atoms with Crippen molar-refractivity contribution in [1.82, 2.24) is 9.80 Å². The van der Waals surface area contributed by atoms with Gasteiger partial charge in [0.25, 0.3) is 0 Å². The lowest BCUT2D eigenvalue weighted by molar-refractivity contribution is -0.130. The molecule has 2 fully saturated rings. The summed E-state index contributed by atoms with van der Waals surface area (Å²) in [6.45, 7) is 7.63. The Morgan fingerprint density at radius 2 is 2.06 bits per heavy atom. The predicted octanol–water partition coefficient (Wildman–Crippen LogP) is 1.09. The normalized spacial score (nSPS) is 28.9. The first-order chi connectivity index (χ1) is 8.65. The monoisotopic (exact) mass is 254 g/mol. The average molecular weight is 254 g/mol. The quantitative estimate of drug-likeness (QED) is 0.817. The first-order valence-electron chi connectivity index (χ1n) is 7.30. The predicted molar refractivity (Wildman–Crippen MR) is 71.3 cm³/mol. The molecule has 18 heavy (non-hydrogen) atoms. The number of aliphatic hydroxyl groups excluding tert-OH is 1. The molecule has 4 nitrogen and oxygen atoms in total. The fraction of sp³-hybridized carbons (Fsp3) is 0.929. The lowest BCUT2D eigenvalue weighted by atomic mass is 10.0. The number of hydrogen-bond donors (Lipinski definition) is 1. The molecule has 0 spiro atoms. The van der Waals surface area contributed by atoms with E-state index in [1.807, 2.05) is 4.90 Å². The zero-order valence-corrected chi connectivity index (χ0v) is 11.6. The van der Waals surface area contributed by atoms with Crippen LogP contribution in [-0.4, -0.2) is 59.1 Å². The van der Waals surface area contributed by atoms with Crippen LogP contribution in [-0.2, 0) is 4.79 Å². The number of hydrogen-bond acceptors (Lipinski definition) is 3. The largest absolute Gasteiger partial charge is 0.396 e. The van der Waals surface area contributed by atoms with E-state index >= 15 is 0 Å². The summed E-state index contributed by atoms with van der Waals surface area (Å²) < 4.78 is 0. The van der Waals surface area contributed by atoms with E-state index in [4.69, 9.17) is 5.11 Å². The minimum Gasteiger partial charge on any atom is -0.396 e. The Kier molecular flexibility index (Phi) is 4.62. The van der Waals surface area contributed by atoms with Crippen LogP contribution in [0.2, 0.25) is 0 Å². The average Bonchev–Trinajstić information content (AvgIpc) is 2.79. The molecule has 4 heteroatoms. The Bertz CT molecular complexity index is 288. The molecule has 2 aliphatic heterocycles. The van der Waals surface area contributed by atoms with E-state index in [1.54, 1.807) is 0 Å². The third kappa shape index (κ3) is 2.86. The molecule has 0 saturated carbocycles. The van der Waals surface area contributed by atoms with Gasteiger partial charge in [0.15, 0.2) is 0 Å². The highest BCUT2D eigenvalue weighted by Crippen LogP contribution is 2.26. The Morgan fingerprint density at radius 1 is 1.39 bits per heavy atom. The second-order valence-corrected chi connectivity index (χ2v) is 5.82. The number of carbonyl (C=O) groups excluding carboxylic acids is 1. The Balaban J connectivity index is 1.84. The van der Waals surface area contributed by atoms with Gasteiger partial charge in [-0.05, 0) is 26.2 Å². The Labute approximate surface area is 110 Å². The van der Waals surface area contributed by atoms with Crippen molar-refractivity contribution in [2.75, 3.05) is 26.2 Å². The number of rotatable bonds is 4. The van der Waals surface area contributed by atoms with Crippen molar-refractivity contribution in [3.05, 3.63) is 0 Å². The lowest BCUT2D eigenvalue weighted by Gasteiger charge is -2.39. The minimum absolute atomic E-state index is 0.147. The van der Waals surface area contributed by atoms with E-state index in [2.05, 4.69) is 18.7 Å². The van der Waals surface area contributed by atoms with Crippen molar-refractivity contribution >= 4 is 5.91 Å². The van der Waals surface area contributed by atoms with E-state index in [9.17, 15) is 4.79 Å². The highest BCUT2D eigenvalue weighted by molar-refractivity contribution is 5.79. The third-order valence-electron chi connectivity index (χ3n) is 4.65. The van der Waals surface area contributed by atoms with Crippen LogP contribution in [0, 0.1) is 5.92 Å². The number of carbonyl (C=O) groups is 1. The van der Waals surface area contributed by atoms with Gasteiger partial charge in [-0.1, -0.05) is 6.92 Å². The van der Waals surface area contributed by atoms with Gasteiger partial charge in [0.1, 0.15) is 0 Å². The fourth-order valence-electron chi connectivity index (χ4n) is 3.18. The van der Waals surface area contributed by atoms with Gasteiger partial charge in [0.2, 0.25) is 5.91 Å². The van der Waals surface area contributed by atoms with Crippen LogP contribution in [0.1, 0.15) is 39.5 Å². The molecule has 0 aromatic carbocycles. The number of amides is 1. The molecular formula is C14H26N2O2. The molecule has 1 amide bonds. The second-order valence-electron chi connectivity index (χ2n) is 5.82. The van der Waals surface area contributed by atoms with Crippen LogP contribution in [0.5, 0.6) is 0 Å². The van der Waals surface area contributed by atoms with Crippen molar-refractivity contribution in [3.8, 4) is 0 Å². The minimum atomic E-state index is 0.147. The molecule has 0 aromatic rings. The molecular weight excluding hydrogens is 228 g/mol. The van der Waals surface area contributed by atoms with Crippen LogP contribution < -0.4 is 0 Å². The maximum Gasteiger partial charge on any atom is 0.223 e. The first kappa shape index (κ1) is 13.8. The van der Waals surface area contributed by atoms with Gasteiger partial charge < -0.3 is 14.9 Å². The summed E-state index contributed by atoms with van der Waals surface area (Å²) in [6.07, 6.45) is 3.92. The SMILES string of the molecule is CCC(C)N1CCC(N2CC(CO)CC2=O)CC1. The lowest BCUT2D eigenvalue weighted by Crippen LogP contribution is -2.47. The van der Waals surface area contributed by atoms with Gasteiger partial charge in [-0.15, -0.1) is 0 Å². The molecule has 0 aromatic heterocycles. The van der Waals surface area contributed by atoms with Gasteiger partial charge in [-0.25, -0.2) is 0 Å². The molecule has 0 radical (unpaired) electrons. The zero-order chi connectivity index (χ0) is 13.1. The number of likely N-dealkylation sites (tertiary alicyclic amines) is 2. The Hall–Kier alpha value is -0.610. The van der Waals surface area contributed by atoms with Gasteiger partial charge in [-0.3, -0.25) is 4.79 Å². The van der Waals surface area contributed by atoms with E-state index in [0.29, 0.717) is 18.5 Å². The van der Waals surface area contributed by atoms with Crippen molar-refractivity contribution in [3.63, 3.8) is 0 Å². The van der Waals surface area contributed by atoms with E-state index in [0.717, 1.165) is 32.5 Å². The number of piperidine rings is 1. The zero-order valence-electron chi connectivity index (χ0n) is 11.6. The summed E-state index contributed by atoms with van der Waals surface area (Å²) in [5.41, 5.74) is 0. The standard InChI is InChI=1S/C14H26N2O2/c1-3-11(2)15-6-4-13(5-7-15)16-9-12(10-17)8-14(16)18/h11-13,17H,3-10H2,1-2H3. The summed E-state index contributed by atoms with van der Waals surface area (Å²) in [4.78, 5) is 16.5. The molecule has 1 N–H and O–H groups in total.